The maximum atomic E-state index is 12.5. The second-order valence-electron chi connectivity index (χ2n) is 6.58. The molecule has 1 atom stereocenters. The zero-order valence-electron chi connectivity index (χ0n) is 13.4. The van der Waals surface area contributed by atoms with Gasteiger partial charge in [0.2, 0.25) is 5.91 Å². The van der Waals surface area contributed by atoms with Crippen LogP contribution in [-0.2, 0) is 10.3 Å². The number of carbonyl (C=O) groups excluding carboxylic acids is 1. The van der Waals surface area contributed by atoms with E-state index in [9.17, 15) is 4.79 Å². The molecule has 3 N–H and O–H groups in total. The number of rotatable bonds is 5. The lowest BCUT2D eigenvalue weighted by atomic mass is 9.91. The molecule has 0 aliphatic heterocycles. The van der Waals surface area contributed by atoms with Crippen LogP contribution in [0.2, 0.25) is 0 Å². The molecule has 0 bridgehead atoms. The monoisotopic (exact) mass is 289 g/mol. The second-order valence-corrected chi connectivity index (χ2v) is 6.58. The first kappa shape index (κ1) is 16.0. The summed E-state index contributed by atoms with van der Waals surface area (Å²) in [5, 5.41) is 3.08. The number of amides is 1. The number of carbonyl (C=O) groups is 1. The summed E-state index contributed by atoms with van der Waals surface area (Å²) in [6, 6.07) is 9.54. The Hall–Kier alpha value is -1.39. The molecule has 116 valence electrons. The van der Waals surface area contributed by atoms with E-state index in [4.69, 9.17) is 5.73 Å². The van der Waals surface area contributed by atoms with Gasteiger partial charge >= 0.3 is 0 Å². The molecule has 1 aliphatic carbocycles. The molecule has 1 aromatic rings. The Balaban J connectivity index is 2.04. The Morgan fingerprint density at radius 1 is 1.29 bits per heavy atom. The van der Waals surface area contributed by atoms with Crippen molar-refractivity contribution < 1.29 is 4.79 Å². The number of nitrogens with two attached hydrogens (primary N) is 1. The van der Waals surface area contributed by atoms with Gasteiger partial charge in [0.15, 0.2) is 0 Å². The predicted octanol–water partition coefficient (Wildman–Crippen LogP) is 1.85. The quantitative estimate of drug-likeness (QED) is 0.870. The van der Waals surface area contributed by atoms with Gasteiger partial charge in [-0.25, -0.2) is 0 Å². The lowest BCUT2D eigenvalue weighted by Crippen LogP contribution is -2.56. The first-order valence-electron chi connectivity index (χ1n) is 7.69. The largest absolute Gasteiger partial charge is 0.352 e. The van der Waals surface area contributed by atoms with Gasteiger partial charge in [-0.1, -0.05) is 43.2 Å². The Kier molecular flexibility index (Phi) is 4.69. The summed E-state index contributed by atoms with van der Waals surface area (Å²) in [4.78, 5) is 14.8. The van der Waals surface area contributed by atoms with Gasteiger partial charge in [0.1, 0.15) is 5.54 Å². The number of hydrogen-bond donors (Lipinski definition) is 2. The standard InChI is InChI=1S/C17H27N3O/c1-16(18,14-9-5-4-6-10-14)15(21)19-13-17(20(2)3)11-7-8-12-17/h4-6,9-10H,7-8,11-13,18H2,1-3H3,(H,19,21). The summed E-state index contributed by atoms with van der Waals surface area (Å²) in [7, 11) is 4.19. The summed E-state index contributed by atoms with van der Waals surface area (Å²) >= 11 is 0. The van der Waals surface area contributed by atoms with Crippen LogP contribution in [0.1, 0.15) is 38.2 Å². The van der Waals surface area contributed by atoms with Crippen molar-refractivity contribution >= 4 is 5.91 Å². The fourth-order valence-electron chi connectivity index (χ4n) is 3.16. The van der Waals surface area contributed by atoms with Gasteiger partial charge in [-0.15, -0.1) is 0 Å². The van der Waals surface area contributed by atoms with Crippen molar-refractivity contribution in [3.8, 4) is 0 Å². The molecule has 1 aliphatic rings. The lowest BCUT2D eigenvalue weighted by molar-refractivity contribution is -0.126. The van der Waals surface area contributed by atoms with Gasteiger partial charge in [-0.3, -0.25) is 4.79 Å². The van der Waals surface area contributed by atoms with E-state index in [1.807, 2.05) is 30.3 Å². The Bertz CT molecular complexity index is 476. The molecule has 1 unspecified atom stereocenters. The van der Waals surface area contributed by atoms with Crippen LogP contribution in [0.3, 0.4) is 0 Å². The lowest BCUT2D eigenvalue weighted by Gasteiger charge is -2.37. The van der Waals surface area contributed by atoms with Crippen molar-refractivity contribution in [2.24, 2.45) is 5.73 Å². The molecule has 1 fully saturated rings. The van der Waals surface area contributed by atoms with Crippen LogP contribution in [0.5, 0.6) is 0 Å². The maximum absolute atomic E-state index is 12.5. The van der Waals surface area contributed by atoms with Crippen LogP contribution in [0.4, 0.5) is 0 Å². The van der Waals surface area contributed by atoms with Gasteiger partial charge in [0, 0.05) is 12.1 Å². The number of benzene rings is 1. The maximum Gasteiger partial charge on any atom is 0.244 e. The Labute approximate surface area is 127 Å². The molecule has 2 rings (SSSR count). The molecule has 4 heteroatoms. The fourth-order valence-corrected chi connectivity index (χ4v) is 3.16. The van der Waals surface area contributed by atoms with Crippen molar-refractivity contribution in [2.75, 3.05) is 20.6 Å². The minimum Gasteiger partial charge on any atom is -0.352 e. The van der Waals surface area contributed by atoms with Gasteiger partial charge in [0.05, 0.1) is 0 Å². The van der Waals surface area contributed by atoms with E-state index in [0.29, 0.717) is 6.54 Å². The van der Waals surface area contributed by atoms with Crippen molar-refractivity contribution in [1.29, 1.82) is 0 Å². The molecule has 4 nitrogen and oxygen atoms in total. The van der Waals surface area contributed by atoms with Gasteiger partial charge < -0.3 is 16.0 Å². The van der Waals surface area contributed by atoms with E-state index in [1.54, 1.807) is 6.92 Å². The zero-order chi connectivity index (χ0) is 15.5. The molecule has 0 heterocycles. The third-order valence-electron chi connectivity index (χ3n) is 4.91. The van der Waals surface area contributed by atoms with Gasteiger partial charge in [-0.05, 0) is 39.4 Å². The van der Waals surface area contributed by atoms with Crippen LogP contribution in [0.15, 0.2) is 30.3 Å². The average Bonchev–Trinajstić information content (AvgIpc) is 2.96. The molecular formula is C17H27N3O. The van der Waals surface area contributed by atoms with E-state index in [0.717, 1.165) is 18.4 Å². The van der Waals surface area contributed by atoms with Gasteiger partial charge in [0.25, 0.3) is 0 Å². The van der Waals surface area contributed by atoms with Crippen molar-refractivity contribution in [3.63, 3.8) is 0 Å². The summed E-state index contributed by atoms with van der Waals surface area (Å²) in [6.45, 7) is 2.44. The topological polar surface area (TPSA) is 58.4 Å². The van der Waals surface area contributed by atoms with Crippen LogP contribution >= 0.6 is 0 Å². The van der Waals surface area contributed by atoms with E-state index >= 15 is 0 Å². The number of hydrogen-bond acceptors (Lipinski definition) is 3. The van der Waals surface area contributed by atoms with Crippen molar-refractivity contribution in [1.82, 2.24) is 10.2 Å². The number of nitrogens with zero attached hydrogens (tertiary/aromatic N) is 1. The SMILES string of the molecule is CN(C)C1(CNC(=O)C(C)(N)c2ccccc2)CCCC1. The van der Waals surface area contributed by atoms with Crippen LogP contribution < -0.4 is 11.1 Å². The molecule has 1 aromatic carbocycles. The zero-order valence-corrected chi connectivity index (χ0v) is 13.4. The summed E-state index contributed by atoms with van der Waals surface area (Å²) < 4.78 is 0. The molecule has 0 radical (unpaired) electrons. The Morgan fingerprint density at radius 3 is 2.38 bits per heavy atom. The summed E-state index contributed by atoms with van der Waals surface area (Å²) in [6.07, 6.45) is 4.72. The first-order chi connectivity index (χ1) is 9.88. The van der Waals surface area contributed by atoms with Crippen LogP contribution in [0, 0.1) is 0 Å². The van der Waals surface area contributed by atoms with E-state index in [-0.39, 0.29) is 11.4 Å². The highest BCUT2D eigenvalue weighted by Crippen LogP contribution is 2.33. The van der Waals surface area contributed by atoms with E-state index in [2.05, 4.69) is 24.3 Å². The minimum absolute atomic E-state index is 0.0857. The third-order valence-corrected chi connectivity index (χ3v) is 4.91. The second kappa shape index (κ2) is 6.16. The van der Waals surface area contributed by atoms with Crippen molar-refractivity contribution in [3.05, 3.63) is 35.9 Å². The van der Waals surface area contributed by atoms with Crippen LogP contribution in [0.25, 0.3) is 0 Å². The normalized spacial score (nSPS) is 20.2. The van der Waals surface area contributed by atoms with Gasteiger partial charge in [-0.2, -0.15) is 0 Å². The number of likely N-dealkylation sites (N-methyl/N-ethyl adjacent to an activating group) is 1. The highest BCUT2D eigenvalue weighted by molar-refractivity contribution is 5.87. The van der Waals surface area contributed by atoms with Crippen LogP contribution in [-0.4, -0.2) is 37.0 Å². The Morgan fingerprint density at radius 2 is 1.86 bits per heavy atom. The molecule has 0 saturated heterocycles. The molecule has 0 spiro atoms. The minimum atomic E-state index is -0.993. The highest BCUT2D eigenvalue weighted by Gasteiger charge is 2.38. The molecule has 21 heavy (non-hydrogen) atoms. The fraction of sp³-hybridized carbons (Fsp3) is 0.588. The molecule has 1 saturated carbocycles. The average molecular weight is 289 g/mol. The molecular weight excluding hydrogens is 262 g/mol. The first-order valence-corrected chi connectivity index (χ1v) is 7.69. The summed E-state index contributed by atoms with van der Waals surface area (Å²) in [5.41, 5.74) is 6.19. The number of nitrogens with one attached hydrogen (secondary N) is 1. The van der Waals surface area contributed by atoms with Crippen molar-refractivity contribution in [2.45, 2.75) is 43.7 Å². The smallest absolute Gasteiger partial charge is 0.244 e. The predicted molar refractivity (Wildman–Crippen MR) is 85.9 cm³/mol. The molecule has 0 aromatic heterocycles. The van der Waals surface area contributed by atoms with E-state index < -0.39 is 5.54 Å². The third kappa shape index (κ3) is 3.27. The molecule has 1 amide bonds. The highest BCUT2D eigenvalue weighted by atomic mass is 16.2. The van der Waals surface area contributed by atoms with E-state index in [1.165, 1.54) is 12.8 Å². The summed E-state index contributed by atoms with van der Waals surface area (Å²) in [5.74, 6) is -0.109.